The zero-order valence-electron chi connectivity index (χ0n) is 15.9. The molecule has 1 amide bonds. The SMILES string of the molecule is Cn1cncc1-c1cc(C(C)(C)C)nc(C(=O)Nc2ccc(C(F)F)nc2)n1. The standard InChI is InChI=1S/C19H20F2N6O/c1-19(2,3)15-7-13(14-9-22-10-27(14)4)25-17(26-15)18(28)24-11-5-6-12(16(20)21)23-8-11/h5-10,16H,1-4H3,(H,24,28). The minimum atomic E-state index is -2.67. The lowest BCUT2D eigenvalue weighted by Gasteiger charge is -2.19. The molecule has 0 saturated carbocycles. The third-order valence-electron chi connectivity index (χ3n) is 4.04. The average Bonchev–Trinajstić information content (AvgIpc) is 3.07. The summed E-state index contributed by atoms with van der Waals surface area (Å²) in [7, 11) is 1.83. The van der Waals surface area contributed by atoms with Crippen LogP contribution in [-0.4, -0.2) is 30.4 Å². The predicted octanol–water partition coefficient (Wildman–Crippen LogP) is 3.76. The van der Waals surface area contributed by atoms with Gasteiger partial charge >= 0.3 is 0 Å². The molecule has 0 saturated heterocycles. The molecule has 146 valence electrons. The van der Waals surface area contributed by atoms with Gasteiger partial charge in [0.15, 0.2) is 0 Å². The smallest absolute Gasteiger partial charge is 0.293 e. The van der Waals surface area contributed by atoms with Gasteiger partial charge in [0, 0.05) is 12.5 Å². The van der Waals surface area contributed by atoms with Crippen LogP contribution in [0.15, 0.2) is 36.9 Å². The van der Waals surface area contributed by atoms with Gasteiger partial charge in [0.2, 0.25) is 5.82 Å². The Morgan fingerprint density at radius 2 is 1.93 bits per heavy atom. The minimum Gasteiger partial charge on any atom is -0.332 e. The van der Waals surface area contributed by atoms with Gasteiger partial charge < -0.3 is 9.88 Å². The molecule has 0 radical (unpaired) electrons. The Balaban J connectivity index is 1.95. The van der Waals surface area contributed by atoms with Crippen molar-refractivity contribution < 1.29 is 13.6 Å². The molecule has 0 aromatic carbocycles. The first-order valence-electron chi connectivity index (χ1n) is 8.57. The van der Waals surface area contributed by atoms with Crippen LogP contribution in [0.2, 0.25) is 0 Å². The highest BCUT2D eigenvalue weighted by atomic mass is 19.3. The maximum atomic E-state index is 12.7. The number of aromatic nitrogens is 5. The fraction of sp³-hybridized carbons (Fsp3) is 0.316. The molecular formula is C19H20F2N6O. The highest BCUT2D eigenvalue weighted by Crippen LogP contribution is 2.25. The van der Waals surface area contributed by atoms with Crippen molar-refractivity contribution in [2.24, 2.45) is 7.05 Å². The normalized spacial score (nSPS) is 11.7. The Hall–Kier alpha value is -3.23. The summed E-state index contributed by atoms with van der Waals surface area (Å²) < 4.78 is 27.0. The Kier molecular flexibility index (Phi) is 5.17. The van der Waals surface area contributed by atoms with Gasteiger partial charge in [-0.3, -0.25) is 9.78 Å². The van der Waals surface area contributed by atoms with Gasteiger partial charge in [0.25, 0.3) is 12.3 Å². The molecule has 7 nitrogen and oxygen atoms in total. The van der Waals surface area contributed by atoms with Crippen molar-refractivity contribution in [1.29, 1.82) is 0 Å². The number of nitrogens with zero attached hydrogens (tertiary/aromatic N) is 5. The van der Waals surface area contributed by atoms with Crippen LogP contribution in [0.1, 0.15) is 49.2 Å². The van der Waals surface area contributed by atoms with Crippen LogP contribution in [-0.2, 0) is 12.5 Å². The minimum absolute atomic E-state index is 0.0263. The molecule has 0 aliphatic carbocycles. The number of carbonyl (C=O) groups excluding carboxylic acids is 1. The third kappa shape index (κ3) is 4.19. The second kappa shape index (κ2) is 7.41. The molecule has 28 heavy (non-hydrogen) atoms. The van der Waals surface area contributed by atoms with E-state index in [0.717, 1.165) is 11.8 Å². The van der Waals surface area contributed by atoms with Crippen molar-refractivity contribution in [3.8, 4) is 11.4 Å². The van der Waals surface area contributed by atoms with Crippen molar-refractivity contribution in [3.63, 3.8) is 0 Å². The maximum absolute atomic E-state index is 12.7. The van der Waals surface area contributed by atoms with E-state index < -0.39 is 12.3 Å². The van der Waals surface area contributed by atoms with Gasteiger partial charge in [0.05, 0.1) is 41.5 Å². The summed E-state index contributed by atoms with van der Waals surface area (Å²) in [6.07, 6.45) is 1.81. The number of anilines is 1. The summed E-state index contributed by atoms with van der Waals surface area (Å²) in [5.41, 5.74) is 1.60. The third-order valence-corrected chi connectivity index (χ3v) is 4.04. The van der Waals surface area contributed by atoms with E-state index in [1.807, 2.05) is 33.9 Å². The highest BCUT2D eigenvalue weighted by Gasteiger charge is 2.22. The summed E-state index contributed by atoms with van der Waals surface area (Å²) in [6.45, 7) is 5.95. The number of carbonyl (C=O) groups is 1. The Morgan fingerprint density at radius 3 is 2.46 bits per heavy atom. The molecule has 3 heterocycles. The largest absolute Gasteiger partial charge is 0.332 e. The molecule has 0 fully saturated rings. The maximum Gasteiger partial charge on any atom is 0.293 e. The molecule has 1 N–H and O–H groups in total. The van der Waals surface area contributed by atoms with Gasteiger partial charge in [-0.2, -0.15) is 0 Å². The first-order valence-corrected chi connectivity index (χ1v) is 8.57. The van der Waals surface area contributed by atoms with E-state index in [4.69, 9.17) is 0 Å². The van der Waals surface area contributed by atoms with E-state index in [9.17, 15) is 13.6 Å². The van der Waals surface area contributed by atoms with E-state index in [-0.39, 0.29) is 22.6 Å². The van der Waals surface area contributed by atoms with Crippen molar-refractivity contribution in [1.82, 2.24) is 24.5 Å². The first kappa shape index (κ1) is 19.5. The lowest BCUT2D eigenvalue weighted by Crippen LogP contribution is -2.21. The molecule has 3 aromatic heterocycles. The summed E-state index contributed by atoms with van der Waals surface area (Å²) in [5, 5.41) is 2.60. The Bertz CT molecular complexity index is 992. The number of hydrogen-bond acceptors (Lipinski definition) is 5. The van der Waals surface area contributed by atoms with Crippen molar-refractivity contribution in [2.45, 2.75) is 32.6 Å². The molecule has 0 aliphatic heterocycles. The number of alkyl halides is 2. The van der Waals surface area contributed by atoms with Gasteiger partial charge in [-0.1, -0.05) is 20.8 Å². The van der Waals surface area contributed by atoms with Crippen LogP contribution in [0.4, 0.5) is 14.5 Å². The van der Waals surface area contributed by atoms with Gasteiger partial charge in [-0.15, -0.1) is 0 Å². The summed E-state index contributed by atoms with van der Waals surface area (Å²) in [4.78, 5) is 29.2. The van der Waals surface area contributed by atoms with Crippen LogP contribution in [0.25, 0.3) is 11.4 Å². The van der Waals surface area contributed by atoms with Crippen LogP contribution < -0.4 is 5.32 Å². The number of hydrogen-bond donors (Lipinski definition) is 1. The molecule has 0 spiro atoms. The number of nitrogens with one attached hydrogen (secondary N) is 1. The number of aryl methyl sites for hydroxylation is 1. The summed E-state index contributed by atoms with van der Waals surface area (Å²) >= 11 is 0. The summed E-state index contributed by atoms with van der Waals surface area (Å²) in [6, 6.07) is 4.35. The van der Waals surface area contributed by atoms with Crippen molar-refractivity contribution >= 4 is 11.6 Å². The molecule has 0 aliphatic rings. The van der Waals surface area contributed by atoms with Gasteiger partial charge in [-0.05, 0) is 18.2 Å². The van der Waals surface area contributed by atoms with Crippen molar-refractivity contribution in [3.05, 3.63) is 54.1 Å². The molecule has 0 atom stereocenters. The van der Waals surface area contributed by atoms with E-state index in [1.165, 1.54) is 12.3 Å². The number of halogens is 2. The Morgan fingerprint density at radius 1 is 1.18 bits per heavy atom. The summed E-state index contributed by atoms with van der Waals surface area (Å²) in [5.74, 6) is -0.581. The lowest BCUT2D eigenvalue weighted by atomic mass is 9.91. The van der Waals surface area contributed by atoms with E-state index >= 15 is 0 Å². The van der Waals surface area contributed by atoms with E-state index in [2.05, 4.69) is 25.3 Å². The van der Waals surface area contributed by atoms with Crippen LogP contribution in [0.5, 0.6) is 0 Å². The fourth-order valence-electron chi connectivity index (χ4n) is 2.46. The molecular weight excluding hydrogens is 366 g/mol. The number of rotatable bonds is 4. The molecule has 0 unspecified atom stereocenters. The number of amides is 1. The fourth-order valence-corrected chi connectivity index (χ4v) is 2.46. The molecule has 9 heteroatoms. The van der Waals surface area contributed by atoms with Crippen LogP contribution in [0.3, 0.4) is 0 Å². The van der Waals surface area contributed by atoms with Crippen LogP contribution >= 0.6 is 0 Å². The van der Waals surface area contributed by atoms with E-state index in [1.54, 1.807) is 17.1 Å². The highest BCUT2D eigenvalue weighted by molar-refractivity contribution is 6.01. The second-order valence-electron chi connectivity index (χ2n) is 7.33. The Labute approximate surface area is 160 Å². The van der Waals surface area contributed by atoms with Crippen LogP contribution in [0, 0.1) is 0 Å². The zero-order chi connectivity index (χ0) is 20.5. The number of imidazole rings is 1. The second-order valence-corrected chi connectivity index (χ2v) is 7.33. The molecule has 3 rings (SSSR count). The monoisotopic (exact) mass is 386 g/mol. The van der Waals surface area contributed by atoms with Crippen molar-refractivity contribution in [2.75, 3.05) is 5.32 Å². The van der Waals surface area contributed by atoms with E-state index in [0.29, 0.717) is 11.4 Å². The first-order chi connectivity index (χ1) is 13.1. The molecule has 3 aromatic rings. The van der Waals surface area contributed by atoms with Gasteiger partial charge in [-0.25, -0.2) is 23.7 Å². The predicted molar refractivity (Wildman–Crippen MR) is 100 cm³/mol. The average molecular weight is 386 g/mol. The lowest BCUT2D eigenvalue weighted by molar-refractivity contribution is 0.101. The zero-order valence-corrected chi connectivity index (χ0v) is 15.9. The topological polar surface area (TPSA) is 85.6 Å². The molecule has 0 bridgehead atoms. The quantitative estimate of drug-likeness (QED) is 0.738. The van der Waals surface area contributed by atoms with Gasteiger partial charge in [0.1, 0.15) is 5.69 Å². The number of pyridine rings is 1.